The molecule has 1 fully saturated rings. The maximum atomic E-state index is 14.0. The maximum Gasteiger partial charge on any atom is 0.268 e. The lowest BCUT2D eigenvalue weighted by molar-refractivity contribution is 0.587. The van der Waals surface area contributed by atoms with Crippen LogP contribution in [0.3, 0.4) is 0 Å². The molecule has 1 aliphatic rings. The molecule has 182 valence electrons. The Morgan fingerprint density at radius 1 is 0.917 bits per heavy atom. The number of para-hydroxylation sites is 1. The van der Waals surface area contributed by atoms with Gasteiger partial charge in [-0.2, -0.15) is 5.21 Å². The molecule has 3 aromatic carbocycles. The zero-order chi connectivity index (χ0) is 24.5. The first-order valence-corrected chi connectivity index (χ1v) is 15.2. The van der Waals surface area contributed by atoms with Gasteiger partial charge in [0.2, 0.25) is 0 Å². The van der Waals surface area contributed by atoms with Gasteiger partial charge in [-0.15, -0.1) is 33.7 Å². The highest BCUT2D eigenvalue weighted by Gasteiger charge is 2.28. The van der Waals surface area contributed by atoms with Crippen LogP contribution >= 0.6 is 23.5 Å². The zero-order valence-electron chi connectivity index (χ0n) is 19.2. The van der Waals surface area contributed by atoms with Gasteiger partial charge >= 0.3 is 0 Å². The molecule has 7 nitrogen and oxygen atoms in total. The number of thioether (sulfide) groups is 2. The van der Waals surface area contributed by atoms with Gasteiger partial charge in [0.05, 0.1) is 27.1 Å². The van der Waals surface area contributed by atoms with E-state index in [1.807, 2.05) is 53.9 Å². The lowest BCUT2D eigenvalue weighted by Gasteiger charge is -2.21. The second-order valence-corrected chi connectivity index (χ2v) is 13.0. The van der Waals surface area contributed by atoms with Crippen molar-refractivity contribution in [2.75, 3.05) is 11.5 Å². The predicted molar refractivity (Wildman–Crippen MR) is 146 cm³/mol. The summed E-state index contributed by atoms with van der Waals surface area (Å²) in [5, 5.41) is 15.3. The lowest BCUT2D eigenvalue weighted by atomic mass is 9.99. The van der Waals surface area contributed by atoms with Crippen molar-refractivity contribution in [2.24, 2.45) is 0 Å². The van der Waals surface area contributed by atoms with Crippen LogP contribution in [-0.2, 0) is 16.4 Å². The molecule has 0 spiro atoms. The third kappa shape index (κ3) is 4.23. The van der Waals surface area contributed by atoms with Crippen molar-refractivity contribution < 1.29 is 8.42 Å². The number of nitrogens with one attached hydrogen (secondary N) is 1. The Morgan fingerprint density at radius 2 is 1.64 bits per heavy atom. The highest BCUT2D eigenvalue weighted by atomic mass is 32.2. The largest absolute Gasteiger partial charge is 0.268 e. The van der Waals surface area contributed by atoms with E-state index in [2.05, 4.69) is 44.9 Å². The molecule has 1 saturated heterocycles. The molecule has 0 bridgehead atoms. The van der Waals surface area contributed by atoms with Crippen molar-refractivity contribution in [1.29, 1.82) is 0 Å². The van der Waals surface area contributed by atoms with Crippen LogP contribution in [0.2, 0.25) is 0 Å². The topological polar surface area (TPSA) is 93.5 Å². The van der Waals surface area contributed by atoms with Crippen molar-refractivity contribution in [2.45, 2.75) is 22.3 Å². The number of rotatable bonds is 6. The Hall–Kier alpha value is -3.08. The first-order chi connectivity index (χ1) is 17.6. The van der Waals surface area contributed by atoms with E-state index in [1.54, 1.807) is 24.3 Å². The summed E-state index contributed by atoms with van der Waals surface area (Å²) in [6.07, 6.45) is 1.46. The number of H-pyrrole nitrogens is 1. The Balaban J connectivity index is 1.57. The van der Waals surface area contributed by atoms with Crippen LogP contribution in [0.15, 0.2) is 83.8 Å². The van der Waals surface area contributed by atoms with Crippen LogP contribution < -0.4 is 0 Å². The smallest absolute Gasteiger partial charge is 0.237 e. The first kappa shape index (κ1) is 23.3. The summed E-state index contributed by atoms with van der Waals surface area (Å²) in [7, 11) is -3.89. The molecule has 0 atom stereocenters. The average molecular weight is 534 g/mol. The van der Waals surface area contributed by atoms with Crippen molar-refractivity contribution in [3.05, 3.63) is 95.9 Å². The average Bonchev–Trinajstić information content (AvgIpc) is 3.56. The molecular weight excluding hydrogens is 511 g/mol. The van der Waals surface area contributed by atoms with Crippen molar-refractivity contribution in [3.63, 3.8) is 0 Å². The summed E-state index contributed by atoms with van der Waals surface area (Å²) in [6.45, 7) is 0. The Kier molecular flexibility index (Phi) is 6.32. The maximum absolute atomic E-state index is 14.0. The van der Waals surface area contributed by atoms with Gasteiger partial charge in [-0.05, 0) is 47.3 Å². The van der Waals surface area contributed by atoms with Crippen LogP contribution in [-0.4, -0.2) is 44.5 Å². The predicted octanol–water partition coefficient (Wildman–Crippen LogP) is 5.52. The quantitative estimate of drug-likeness (QED) is 0.307. The van der Waals surface area contributed by atoms with E-state index in [9.17, 15) is 8.42 Å². The highest BCUT2D eigenvalue weighted by molar-refractivity contribution is 8.16. The van der Waals surface area contributed by atoms with E-state index in [0.29, 0.717) is 21.6 Å². The zero-order valence-corrected chi connectivity index (χ0v) is 21.7. The number of aromatic nitrogens is 5. The monoisotopic (exact) mass is 533 g/mol. The summed E-state index contributed by atoms with van der Waals surface area (Å²) < 4.78 is 29.9. The van der Waals surface area contributed by atoms with Gasteiger partial charge in [0, 0.05) is 10.9 Å². The second-order valence-electron chi connectivity index (χ2n) is 8.48. The Morgan fingerprint density at radius 3 is 2.36 bits per heavy atom. The molecule has 0 unspecified atom stereocenters. The number of benzene rings is 3. The summed E-state index contributed by atoms with van der Waals surface area (Å²) in [5.41, 5.74) is 4.34. The Bertz CT molecular complexity index is 1590. The number of hydrogen-bond donors (Lipinski definition) is 1. The third-order valence-electron chi connectivity index (χ3n) is 6.22. The van der Waals surface area contributed by atoms with Gasteiger partial charge in [0.1, 0.15) is 0 Å². The fraction of sp³-hybridized carbons (Fsp3) is 0.192. The molecule has 0 saturated carbocycles. The fourth-order valence-corrected chi connectivity index (χ4v) is 9.08. The lowest BCUT2D eigenvalue weighted by Crippen LogP contribution is -2.16. The molecule has 6 rings (SSSR count). The van der Waals surface area contributed by atoms with E-state index < -0.39 is 10.0 Å². The van der Waals surface area contributed by atoms with Crippen LogP contribution in [0.1, 0.15) is 28.1 Å². The van der Waals surface area contributed by atoms with E-state index in [-0.39, 0.29) is 11.3 Å². The van der Waals surface area contributed by atoms with E-state index in [4.69, 9.17) is 0 Å². The van der Waals surface area contributed by atoms with Gasteiger partial charge in [-0.25, -0.2) is 12.4 Å². The minimum Gasteiger partial charge on any atom is -0.237 e. The van der Waals surface area contributed by atoms with Gasteiger partial charge in [0.25, 0.3) is 10.0 Å². The van der Waals surface area contributed by atoms with Crippen LogP contribution in [0.5, 0.6) is 0 Å². The van der Waals surface area contributed by atoms with Crippen LogP contribution in [0.4, 0.5) is 0 Å². The molecule has 3 heterocycles. The van der Waals surface area contributed by atoms with Gasteiger partial charge < -0.3 is 0 Å². The summed E-state index contributed by atoms with van der Waals surface area (Å²) >= 11 is 3.97. The number of tetrazole rings is 1. The number of aromatic amines is 1. The van der Waals surface area contributed by atoms with Crippen molar-refractivity contribution >= 4 is 44.4 Å². The summed E-state index contributed by atoms with van der Waals surface area (Å²) in [6, 6.07) is 24.7. The number of hydrogen-bond acceptors (Lipinski definition) is 7. The standard InChI is InChI=1S/C26H23N5O2S3/c32-36(33,20-7-2-1-3-8-20)31-22-10-5-4-9-21(22)25(23(31)17-24-27-29-30-28-24)18-11-13-19(14-12-18)26-34-15-6-16-35-26/h1-5,7-14,26H,6,15-17H2,(H,27,28,29,30). The van der Waals surface area contributed by atoms with Gasteiger partial charge in [0.15, 0.2) is 5.82 Å². The van der Waals surface area contributed by atoms with E-state index in [1.165, 1.54) is 27.5 Å². The molecule has 0 radical (unpaired) electrons. The van der Waals surface area contributed by atoms with Crippen LogP contribution in [0.25, 0.3) is 22.0 Å². The second kappa shape index (κ2) is 9.76. The first-order valence-electron chi connectivity index (χ1n) is 11.6. The molecule has 1 N–H and O–H groups in total. The normalized spacial score (nSPS) is 14.9. The number of nitrogens with zero attached hydrogens (tertiary/aromatic N) is 4. The molecule has 10 heteroatoms. The van der Waals surface area contributed by atoms with Gasteiger partial charge in [-0.3, -0.25) is 0 Å². The summed E-state index contributed by atoms with van der Waals surface area (Å²) in [4.78, 5) is 0.230. The number of fused-ring (bicyclic) bond motifs is 1. The third-order valence-corrected chi connectivity index (χ3v) is 11.0. The molecule has 0 aliphatic carbocycles. The Labute approximate surface area is 217 Å². The fourth-order valence-electron chi connectivity index (χ4n) is 4.61. The molecular formula is C26H23N5O2S3. The van der Waals surface area contributed by atoms with Gasteiger partial charge in [-0.1, -0.05) is 65.9 Å². The molecule has 0 amide bonds. The van der Waals surface area contributed by atoms with Crippen molar-refractivity contribution in [1.82, 2.24) is 24.6 Å². The minimum absolute atomic E-state index is 0.211. The van der Waals surface area contributed by atoms with E-state index in [0.717, 1.165) is 16.5 Å². The van der Waals surface area contributed by atoms with E-state index >= 15 is 0 Å². The van der Waals surface area contributed by atoms with Crippen molar-refractivity contribution in [3.8, 4) is 11.1 Å². The molecule has 36 heavy (non-hydrogen) atoms. The molecule has 5 aromatic rings. The molecule has 1 aliphatic heterocycles. The summed E-state index contributed by atoms with van der Waals surface area (Å²) in [5.74, 6) is 2.79. The molecule has 2 aromatic heterocycles. The van der Waals surface area contributed by atoms with Crippen LogP contribution in [0, 0.1) is 0 Å². The SMILES string of the molecule is O=S(=O)(c1ccccc1)n1c(Cc2nn[nH]n2)c(-c2ccc(C3SCCCS3)cc2)c2ccccc21. The minimum atomic E-state index is -3.89. The highest BCUT2D eigenvalue weighted by Crippen LogP contribution is 2.45.